The second-order valence-corrected chi connectivity index (χ2v) is 16.2. The van der Waals surface area contributed by atoms with Crippen LogP contribution in [0.2, 0.25) is 0 Å². The number of aliphatic hydroxyl groups excluding tert-OH is 5. The predicted octanol–water partition coefficient (Wildman–Crippen LogP) is 0.856. The number of fused-ring (bicyclic) bond motifs is 5. The zero-order valence-corrected chi connectivity index (χ0v) is 28.4. The molecule has 1 aliphatic heterocycles. The van der Waals surface area contributed by atoms with Crippen LogP contribution in [0.25, 0.3) is 0 Å². The molecule has 2 unspecified atom stereocenters. The number of carbonyl (C=O) groups is 3. The monoisotopic (exact) mass is 664 g/mol. The summed E-state index contributed by atoms with van der Waals surface area (Å²) in [6.07, 6.45) is -6.16. The first-order valence-corrected chi connectivity index (χ1v) is 16.7. The molecule has 0 aromatic carbocycles. The summed E-state index contributed by atoms with van der Waals surface area (Å²) in [6, 6.07) is 0. The minimum absolute atomic E-state index is 0.0118. The molecule has 2 saturated carbocycles. The van der Waals surface area contributed by atoms with Gasteiger partial charge in [-0.05, 0) is 74.9 Å². The number of aliphatic hydroxyl groups is 7. The normalized spacial score (nSPS) is 45.1. The van der Waals surface area contributed by atoms with Crippen LogP contribution in [0.15, 0.2) is 23.0 Å². The number of hydrogen-bond acceptors (Lipinski definition) is 12. The molecule has 12 heteroatoms. The highest BCUT2D eigenvalue weighted by atomic mass is 16.7. The highest BCUT2D eigenvalue weighted by Gasteiger charge is 2.74. The van der Waals surface area contributed by atoms with Gasteiger partial charge in [-0.1, -0.05) is 26.8 Å². The topological polar surface area (TPSA) is 211 Å². The Morgan fingerprint density at radius 1 is 1.02 bits per heavy atom. The molecule has 5 aliphatic rings. The summed E-state index contributed by atoms with van der Waals surface area (Å²) in [4.78, 5) is 41.7. The fourth-order valence-corrected chi connectivity index (χ4v) is 10.1. The van der Waals surface area contributed by atoms with E-state index in [0.29, 0.717) is 12.0 Å². The van der Waals surface area contributed by atoms with Crippen LogP contribution in [0.3, 0.4) is 0 Å². The lowest BCUT2D eigenvalue weighted by molar-refractivity contribution is -0.291. The fraction of sp³-hybridized carbons (Fsp3) is 0.800. The Labute approximate surface area is 275 Å². The van der Waals surface area contributed by atoms with E-state index in [4.69, 9.17) is 9.47 Å². The fourth-order valence-electron chi connectivity index (χ4n) is 10.1. The lowest BCUT2D eigenvalue weighted by Crippen LogP contribution is -2.64. The van der Waals surface area contributed by atoms with E-state index >= 15 is 0 Å². The van der Waals surface area contributed by atoms with Gasteiger partial charge in [-0.2, -0.15) is 0 Å². The third kappa shape index (κ3) is 5.38. The molecule has 0 amide bonds. The van der Waals surface area contributed by atoms with Crippen molar-refractivity contribution in [2.24, 2.45) is 34.0 Å². The van der Waals surface area contributed by atoms with Crippen LogP contribution < -0.4 is 0 Å². The van der Waals surface area contributed by atoms with Crippen molar-refractivity contribution in [3.8, 4) is 0 Å². The van der Waals surface area contributed by atoms with Crippen molar-refractivity contribution in [2.75, 3.05) is 6.61 Å². The number of Topliss-reactive ketones (excluding diaryl/α,β-unsaturated/α-hetero) is 3. The molecule has 0 spiro atoms. The van der Waals surface area contributed by atoms with Gasteiger partial charge in [0.05, 0.1) is 18.3 Å². The van der Waals surface area contributed by atoms with Gasteiger partial charge in [0.15, 0.2) is 17.3 Å². The SMILES string of the molecule is CC1=C(OC2O[C@H](CO)[C@@H](O)[C@H](O)[C@H]2O)C(=O)C[C@@H]2C1=CC[C@@H]1[C@@]2(C)C(=O)C[C@]2(C)C([C@@](C)(O)C(=O)CCC(C)(C)O)[C@H](O)C[C@@]12C. The summed E-state index contributed by atoms with van der Waals surface area (Å²) < 4.78 is 11.3. The van der Waals surface area contributed by atoms with Gasteiger partial charge in [-0.25, -0.2) is 0 Å². The predicted molar refractivity (Wildman–Crippen MR) is 166 cm³/mol. The minimum atomic E-state index is -1.95. The molecule has 1 heterocycles. The van der Waals surface area contributed by atoms with Crippen LogP contribution in [-0.2, 0) is 23.9 Å². The molecule has 0 radical (unpaired) electrons. The second-order valence-electron chi connectivity index (χ2n) is 16.2. The van der Waals surface area contributed by atoms with E-state index in [0.717, 1.165) is 5.57 Å². The zero-order valence-electron chi connectivity index (χ0n) is 28.4. The van der Waals surface area contributed by atoms with E-state index in [-0.39, 0.29) is 49.6 Å². The molecule has 4 aliphatic carbocycles. The van der Waals surface area contributed by atoms with Crippen LogP contribution in [0.4, 0.5) is 0 Å². The molecule has 3 fully saturated rings. The van der Waals surface area contributed by atoms with Gasteiger partial charge < -0.3 is 45.2 Å². The lowest BCUT2D eigenvalue weighted by atomic mass is 9.39. The van der Waals surface area contributed by atoms with Crippen LogP contribution in [0.1, 0.15) is 87.0 Å². The Bertz CT molecular complexity index is 1370. The molecule has 13 atom stereocenters. The summed E-state index contributed by atoms with van der Waals surface area (Å²) in [5.74, 6) is -2.90. The first-order valence-electron chi connectivity index (χ1n) is 16.7. The maximum Gasteiger partial charge on any atom is 0.229 e. The van der Waals surface area contributed by atoms with Crippen molar-refractivity contribution in [2.45, 2.75) is 135 Å². The molecule has 12 nitrogen and oxygen atoms in total. The van der Waals surface area contributed by atoms with Crippen LogP contribution in [0.5, 0.6) is 0 Å². The Morgan fingerprint density at radius 3 is 2.26 bits per heavy atom. The molecular weight excluding hydrogens is 612 g/mol. The molecule has 1 saturated heterocycles. The lowest BCUT2D eigenvalue weighted by Gasteiger charge is -2.63. The summed E-state index contributed by atoms with van der Waals surface area (Å²) >= 11 is 0. The van der Waals surface area contributed by atoms with E-state index in [1.165, 1.54) is 6.92 Å². The average molecular weight is 665 g/mol. The van der Waals surface area contributed by atoms with E-state index in [9.17, 15) is 50.1 Å². The Kier molecular flexibility index (Phi) is 9.10. The van der Waals surface area contributed by atoms with Crippen molar-refractivity contribution in [1.82, 2.24) is 0 Å². The molecule has 0 aromatic heterocycles. The van der Waals surface area contributed by atoms with Gasteiger partial charge in [-0.3, -0.25) is 14.4 Å². The van der Waals surface area contributed by atoms with Gasteiger partial charge in [0, 0.05) is 36.5 Å². The molecule has 47 heavy (non-hydrogen) atoms. The number of allylic oxidation sites excluding steroid dienone is 4. The van der Waals surface area contributed by atoms with E-state index in [2.05, 4.69) is 0 Å². The van der Waals surface area contributed by atoms with Crippen molar-refractivity contribution < 1.29 is 59.6 Å². The first-order chi connectivity index (χ1) is 21.6. The second kappa shape index (κ2) is 11.8. The zero-order chi connectivity index (χ0) is 35.2. The van der Waals surface area contributed by atoms with Crippen molar-refractivity contribution in [1.29, 1.82) is 0 Å². The Hall–Kier alpha value is -2.03. The summed E-state index contributed by atoms with van der Waals surface area (Å²) in [6.45, 7) is 11.4. The first kappa shape index (κ1) is 36.3. The number of carbonyl (C=O) groups excluding carboxylic acids is 3. The third-order valence-electron chi connectivity index (χ3n) is 12.9. The van der Waals surface area contributed by atoms with E-state index < -0.39 is 94.3 Å². The van der Waals surface area contributed by atoms with Crippen LogP contribution in [0, 0.1) is 34.0 Å². The smallest absolute Gasteiger partial charge is 0.229 e. The van der Waals surface area contributed by atoms with Crippen molar-refractivity contribution >= 4 is 17.3 Å². The molecule has 0 bridgehead atoms. The highest BCUT2D eigenvalue weighted by molar-refractivity contribution is 5.99. The van der Waals surface area contributed by atoms with Crippen molar-refractivity contribution in [3.05, 3.63) is 23.0 Å². The summed E-state index contributed by atoms with van der Waals surface area (Å²) in [5, 5.41) is 74.0. The molecule has 7 N–H and O–H groups in total. The Balaban J connectivity index is 1.48. The number of hydrogen-bond donors (Lipinski definition) is 7. The standard InChI is InChI=1S/C35H52O12/c1-16-17-8-9-22-32(4)13-20(38)29(35(7,45)23(39)10-11-31(2,3)44)33(32,5)14-24(40)34(22,6)18(17)12-19(37)28(16)47-30-27(43)26(42)25(41)21(15-36)46-30/h8,18,20-22,25-27,29-30,36,38,41-45H,9-15H2,1-7H3/t18-,20-,21-,22+,25-,26+,27-,29?,30?,32+,33-,34+,35+/m1/s1. The van der Waals surface area contributed by atoms with Gasteiger partial charge in [0.1, 0.15) is 35.8 Å². The van der Waals surface area contributed by atoms with Gasteiger partial charge in [0.25, 0.3) is 0 Å². The largest absolute Gasteiger partial charge is 0.458 e. The van der Waals surface area contributed by atoms with E-state index in [1.54, 1.807) is 20.8 Å². The van der Waals surface area contributed by atoms with Crippen LogP contribution >= 0.6 is 0 Å². The quantitative estimate of drug-likeness (QED) is 0.193. The number of ether oxygens (including phenoxy) is 2. The maximum absolute atomic E-state index is 14.5. The molecule has 0 aromatic rings. The third-order valence-corrected chi connectivity index (χ3v) is 12.9. The number of rotatable bonds is 8. The molecular formula is C35H52O12. The van der Waals surface area contributed by atoms with E-state index in [1.807, 2.05) is 26.8 Å². The van der Waals surface area contributed by atoms with Crippen molar-refractivity contribution in [3.63, 3.8) is 0 Å². The minimum Gasteiger partial charge on any atom is -0.458 e. The van der Waals surface area contributed by atoms with Gasteiger partial charge in [0.2, 0.25) is 6.29 Å². The summed E-state index contributed by atoms with van der Waals surface area (Å²) in [7, 11) is 0. The van der Waals surface area contributed by atoms with Gasteiger partial charge >= 0.3 is 0 Å². The molecule has 264 valence electrons. The van der Waals surface area contributed by atoms with Crippen LogP contribution in [-0.4, -0.2) is 108 Å². The molecule has 5 rings (SSSR count). The van der Waals surface area contributed by atoms with Gasteiger partial charge in [-0.15, -0.1) is 0 Å². The number of ketones is 3. The Morgan fingerprint density at radius 2 is 1.66 bits per heavy atom. The maximum atomic E-state index is 14.5. The average Bonchev–Trinajstić information content (AvgIpc) is 3.18. The summed E-state index contributed by atoms with van der Waals surface area (Å²) in [5.41, 5.74) is -4.53. The highest BCUT2D eigenvalue weighted by Crippen LogP contribution is 2.73.